The maximum Gasteiger partial charge on any atom is 0.129 e. The predicted molar refractivity (Wildman–Crippen MR) is 70.1 cm³/mol. The van der Waals surface area contributed by atoms with Gasteiger partial charge in [0.2, 0.25) is 0 Å². The van der Waals surface area contributed by atoms with Crippen molar-refractivity contribution in [1.29, 1.82) is 0 Å². The molecule has 1 rings (SSSR count). The minimum absolute atomic E-state index is 0.266. The third-order valence-corrected chi connectivity index (χ3v) is 3.45. The van der Waals surface area contributed by atoms with Gasteiger partial charge in [-0.1, -0.05) is 13.8 Å². The van der Waals surface area contributed by atoms with Crippen molar-refractivity contribution in [3.8, 4) is 0 Å². The first-order chi connectivity index (χ1) is 7.99. The van der Waals surface area contributed by atoms with E-state index in [4.69, 9.17) is 4.74 Å². The second-order valence-electron chi connectivity index (χ2n) is 6.05. The van der Waals surface area contributed by atoms with Crippen LogP contribution in [0.4, 0.5) is 0 Å². The Labute approximate surface area is 106 Å². The van der Waals surface area contributed by atoms with Gasteiger partial charge in [0.25, 0.3) is 0 Å². The molecule has 0 saturated carbocycles. The molecular formula is C14H27NO2. The van der Waals surface area contributed by atoms with Crippen molar-refractivity contribution in [1.82, 2.24) is 4.90 Å². The molecule has 1 fully saturated rings. The Morgan fingerprint density at radius 1 is 1.35 bits per heavy atom. The van der Waals surface area contributed by atoms with Crippen LogP contribution in [0.1, 0.15) is 40.5 Å². The monoisotopic (exact) mass is 241 g/mol. The lowest BCUT2D eigenvalue weighted by molar-refractivity contribution is -0.126. The summed E-state index contributed by atoms with van der Waals surface area (Å²) in [5.74, 6) is 0.630. The molecule has 0 spiro atoms. The molecule has 1 aliphatic heterocycles. The molecule has 1 heterocycles. The number of hydrogen-bond acceptors (Lipinski definition) is 3. The number of rotatable bonds is 6. The average Bonchev–Trinajstić information content (AvgIpc) is 2.29. The van der Waals surface area contributed by atoms with Crippen molar-refractivity contribution >= 4 is 6.29 Å². The second kappa shape index (κ2) is 6.50. The van der Waals surface area contributed by atoms with Gasteiger partial charge in [-0.25, -0.2) is 0 Å². The van der Waals surface area contributed by atoms with Gasteiger partial charge in [0.05, 0.1) is 12.0 Å². The minimum Gasteiger partial charge on any atom is -0.380 e. The van der Waals surface area contributed by atoms with E-state index in [1.807, 2.05) is 0 Å². The van der Waals surface area contributed by atoms with Crippen LogP contribution in [0, 0.1) is 11.3 Å². The van der Waals surface area contributed by atoms with Gasteiger partial charge in [-0.15, -0.1) is 0 Å². The number of carbonyl (C=O) groups is 1. The lowest BCUT2D eigenvalue weighted by atomic mass is 9.83. The Morgan fingerprint density at radius 2 is 2.06 bits per heavy atom. The summed E-state index contributed by atoms with van der Waals surface area (Å²) >= 11 is 0. The van der Waals surface area contributed by atoms with Crippen molar-refractivity contribution in [3.63, 3.8) is 0 Å². The largest absolute Gasteiger partial charge is 0.380 e. The van der Waals surface area contributed by atoms with Gasteiger partial charge < -0.3 is 9.53 Å². The van der Waals surface area contributed by atoms with Crippen LogP contribution in [-0.2, 0) is 9.53 Å². The molecule has 0 aromatic rings. The van der Waals surface area contributed by atoms with Crippen molar-refractivity contribution in [2.45, 2.75) is 46.6 Å². The van der Waals surface area contributed by atoms with Gasteiger partial charge in [-0.05, 0) is 32.6 Å². The molecule has 0 aromatic heterocycles. The van der Waals surface area contributed by atoms with E-state index in [-0.39, 0.29) is 5.41 Å². The SMILES string of the molecule is CC(C)CN(CC1(C=O)CCCOC1)C(C)C. The lowest BCUT2D eigenvalue weighted by Crippen LogP contribution is -2.47. The summed E-state index contributed by atoms with van der Waals surface area (Å²) in [5.41, 5.74) is -0.266. The van der Waals surface area contributed by atoms with Crippen LogP contribution >= 0.6 is 0 Å². The minimum atomic E-state index is -0.266. The highest BCUT2D eigenvalue weighted by Gasteiger charge is 2.35. The summed E-state index contributed by atoms with van der Waals surface area (Å²) in [7, 11) is 0. The third kappa shape index (κ3) is 4.40. The predicted octanol–water partition coefficient (Wildman–Crippen LogP) is 2.35. The summed E-state index contributed by atoms with van der Waals surface area (Å²) in [6, 6.07) is 0.483. The van der Waals surface area contributed by atoms with E-state index in [0.717, 1.165) is 38.8 Å². The summed E-state index contributed by atoms with van der Waals surface area (Å²) in [5, 5.41) is 0. The van der Waals surface area contributed by atoms with Crippen LogP contribution in [0.25, 0.3) is 0 Å². The van der Waals surface area contributed by atoms with Gasteiger partial charge in [-0.3, -0.25) is 4.90 Å². The number of carbonyl (C=O) groups excluding carboxylic acids is 1. The maximum absolute atomic E-state index is 11.4. The molecule has 1 atom stereocenters. The Balaban J connectivity index is 2.65. The third-order valence-electron chi connectivity index (χ3n) is 3.45. The number of ether oxygens (including phenoxy) is 1. The number of hydrogen-bond donors (Lipinski definition) is 0. The van der Waals surface area contributed by atoms with Crippen LogP contribution in [0.15, 0.2) is 0 Å². The zero-order chi connectivity index (χ0) is 12.9. The zero-order valence-corrected chi connectivity index (χ0v) is 11.7. The highest BCUT2D eigenvalue weighted by molar-refractivity contribution is 5.60. The highest BCUT2D eigenvalue weighted by Crippen LogP contribution is 2.28. The standard InChI is InChI=1S/C14H27NO2/c1-12(2)8-15(13(3)4)9-14(10-16)6-5-7-17-11-14/h10,12-13H,5-9,11H2,1-4H3. The highest BCUT2D eigenvalue weighted by atomic mass is 16.5. The second-order valence-corrected chi connectivity index (χ2v) is 6.05. The first kappa shape index (κ1) is 14.7. The van der Waals surface area contributed by atoms with E-state index in [1.165, 1.54) is 0 Å². The van der Waals surface area contributed by atoms with Crippen LogP contribution in [0.2, 0.25) is 0 Å². The Hall–Kier alpha value is -0.410. The number of aldehydes is 1. The normalized spacial score (nSPS) is 25.8. The lowest BCUT2D eigenvalue weighted by Gasteiger charge is -2.39. The van der Waals surface area contributed by atoms with Crippen LogP contribution in [0.5, 0.6) is 0 Å². The van der Waals surface area contributed by atoms with E-state index in [0.29, 0.717) is 18.6 Å². The van der Waals surface area contributed by atoms with Gasteiger partial charge in [0.15, 0.2) is 0 Å². The molecule has 0 bridgehead atoms. The zero-order valence-electron chi connectivity index (χ0n) is 11.7. The smallest absolute Gasteiger partial charge is 0.129 e. The molecule has 100 valence electrons. The quantitative estimate of drug-likeness (QED) is 0.669. The Morgan fingerprint density at radius 3 is 2.47 bits per heavy atom. The molecule has 0 radical (unpaired) electrons. The molecule has 0 N–H and O–H groups in total. The Bertz CT molecular complexity index is 232. The molecule has 1 aliphatic rings. The molecular weight excluding hydrogens is 214 g/mol. The van der Waals surface area contributed by atoms with Gasteiger partial charge in [0, 0.05) is 25.7 Å². The van der Waals surface area contributed by atoms with E-state index in [2.05, 4.69) is 32.6 Å². The van der Waals surface area contributed by atoms with E-state index < -0.39 is 0 Å². The van der Waals surface area contributed by atoms with Gasteiger partial charge in [-0.2, -0.15) is 0 Å². The summed E-state index contributed by atoms with van der Waals surface area (Å²) < 4.78 is 5.50. The van der Waals surface area contributed by atoms with Gasteiger partial charge in [0.1, 0.15) is 6.29 Å². The average molecular weight is 241 g/mol. The molecule has 17 heavy (non-hydrogen) atoms. The Kier molecular flexibility index (Phi) is 5.60. The fourth-order valence-electron chi connectivity index (χ4n) is 2.46. The van der Waals surface area contributed by atoms with Crippen LogP contribution < -0.4 is 0 Å². The molecule has 1 saturated heterocycles. The first-order valence-corrected chi connectivity index (χ1v) is 6.77. The maximum atomic E-state index is 11.4. The van der Waals surface area contributed by atoms with Crippen molar-refractivity contribution in [2.75, 3.05) is 26.3 Å². The fraction of sp³-hybridized carbons (Fsp3) is 0.929. The van der Waals surface area contributed by atoms with Crippen molar-refractivity contribution in [2.24, 2.45) is 11.3 Å². The van der Waals surface area contributed by atoms with Crippen molar-refractivity contribution < 1.29 is 9.53 Å². The molecule has 0 aliphatic carbocycles. The molecule has 0 amide bonds. The van der Waals surface area contributed by atoms with Crippen molar-refractivity contribution in [3.05, 3.63) is 0 Å². The van der Waals surface area contributed by atoms with Crippen LogP contribution in [-0.4, -0.2) is 43.5 Å². The molecule has 0 aromatic carbocycles. The fourth-order valence-corrected chi connectivity index (χ4v) is 2.46. The topological polar surface area (TPSA) is 29.5 Å². The first-order valence-electron chi connectivity index (χ1n) is 6.77. The summed E-state index contributed by atoms with van der Waals surface area (Å²) in [6.45, 7) is 12.1. The summed E-state index contributed by atoms with van der Waals surface area (Å²) in [6.07, 6.45) is 3.10. The van der Waals surface area contributed by atoms with E-state index >= 15 is 0 Å². The molecule has 3 heteroatoms. The van der Waals surface area contributed by atoms with Gasteiger partial charge >= 0.3 is 0 Å². The summed E-state index contributed by atoms with van der Waals surface area (Å²) in [4.78, 5) is 13.8. The molecule has 3 nitrogen and oxygen atoms in total. The van der Waals surface area contributed by atoms with Crippen LogP contribution in [0.3, 0.4) is 0 Å². The number of nitrogens with zero attached hydrogens (tertiary/aromatic N) is 1. The van der Waals surface area contributed by atoms with E-state index in [1.54, 1.807) is 0 Å². The van der Waals surface area contributed by atoms with E-state index in [9.17, 15) is 4.79 Å². The molecule has 1 unspecified atom stereocenters.